The topological polar surface area (TPSA) is 86.6 Å². The average Bonchev–Trinajstić information content (AvgIpc) is 3.67. The van der Waals surface area contributed by atoms with Crippen LogP contribution in [0, 0.1) is 5.92 Å². The molecule has 40 heavy (non-hydrogen) atoms. The standard InChI is InChI=1S/C29H28ClF3N2O5/c1-28(2,3)40-27(38)18-6-9-21(10-7-18)34-26(37)23(14-17-4-5-17)35-13-12-19(15-25(35)36)22-16-20(30)8-11-24(22)39-29(31,32)33/h6-13,15-17,23H,4-5,14H2,1-3H3,(H,34,37). The zero-order valence-corrected chi connectivity index (χ0v) is 22.8. The molecule has 3 aromatic rings. The molecule has 1 aliphatic carbocycles. The molecule has 2 aromatic carbocycles. The second kappa shape index (κ2) is 11.4. The van der Waals surface area contributed by atoms with Crippen molar-refractivity contribution in [2.75, 3.05) is 5.32 Å². The fourth-order valence-electron chi connectivity index (χ4n) is 4.12. The third kappa shape index (κ3) is 7.88. The van der Waals surface area contributed by atoms with E-state index >= 15 is 0 Å². The highest BCUT2D eigenvalue weighted by molar-refractivity contribution is 6.31. The molecule has 1 unspecified atom stereocenters. The molecule has 0 spiro atoms. The van der Waals surface area contributed by atoms with E-state index in [0.29, 0.717) is 17.7 Å². The van der Waals surface area contributed by atoms with Crippen LogP contribution < -0.4 is 15.6 Å². The van der Waals surface area contributed by atoms with Crippen molar-refractivity contribution in [3.63, 3.8) is 0 Å². The Bertz CT molecular complexity index is 1460. The van der Waals surface area contributed by atoms with E-state index in [1.807, 2.05) is 0 Å². The van der Waals surface area contributed by atoms with Gasteiger partial charge < -0.3 is 19.4 Å². The summed E-state index contributed by atoms with van der Waals surface area (Å²) in [7, 11) is 0. The summed E-state index contributed by atoms with van der Waals surface area (Å²) in [5.41, 5.74) is -0.326. The monoisotopic (exact) mass is 576 g/mol. The van der Waals surface area contributed by atoms with Crippen molar-refractivity contribution in [3.8, 4) is 16.9 Å². The predicted octanol–water partition coefficient (Wildman–Crippen LogP) is 7.00. The van der Waals surface area contributed by atoms with E-state index in [-0.39, 0.29) is 22.1 Å². The molecule has 7 nitrogen and oxygen atoms in total. The molecule has 0 aliphatic heterocycles. The van der Waals surface area contributed by atoms with Crippen LogP contribution in [-0.2, 0) is 9.53 Å². The minimum Gasteiger partial charge on any atom is -0.456 e. The Balaban J connectivity index is 1.57. The van der Waals surface area contributed by atoms with Gasteiger partial charge in [-0.1, -0.05) is 24.4 Å². The first-order chi connectivity index (χ1) is 18.7. The second-order valence-corrected chi connectivity index (χ2v) is 11.0. The first-order valence-electron chi connectivity index (χ1n) is 12.6. The van der Waals surface area contributed by atoms with Crippen molar-refractivity contribution < 1.29 is 32.2 Å². The zero-order valence-electron chi connectivity index (χ0n) is 22.0. The predicted molar refractivity (Wildman–Crippen MR) is 144 cm³/mol. The average molecular weight is 577 g/mol. The van der Waals surface area contributed by atoms with E-state index in [2.05, 4.69) is 10.1 Å². The van der Waals surface area contributed by atoms with Gasteiger partial charge in [0.2, 0.25) is 5.91 Å². The first kappa shape index (κ1) is 29.2. The van der Waals surface area contributed by atoms with Crippen molar-refractivity contribution in [1.29, 1.82) is 0 Å². The van der Waals surface area contributed by atoms with Gasteiger partial charge >= 0.3 is 12.3 Å². The van der Waals surface area contributed by atoms with Crippen LogP contribution in [0.5, 0.6) is 5.75 Å². The van der Waals surface area contributed by atoms with Crippen molar-refractivity contribution in [3.05, 3.63) is 81.7 Å². The highest BCUT2D eigenvalue weighted by Gasteiger charge is 2.33. The molecule has 4 rings (SSSR count). The van der Waals surface area contributed by atoms with E-state index in [0.717, 1.165) is 25.0 Å². The van der Waals surface area contributed by atoms with Crippen LogP contribution >= 0.6 is 11.6 Å². The number of aromatic nitrogens is 1. The Morgan fingerprint density at radius 3 is 2.30 bits per heavy atom. The molecule has 1 atom stereocenters. The van der Waals surface area contributed by atoms with Crippen molar-refractivity contribution in [2.24, 2.45) is 5.92 Å². The fraction of sp³-hybridized carbons (Fsp3) is 0.345. The Labute approximate surface area is 233 Å². The Kier molecular flexibility index (Phi) is 8.30. The number of hydrogen-bond donors (Lipinski definition) is 1. The van der Waals surface area contributed by atoms with Gasteiger partial charge in [0, 0.05) is 28.5 Å². The molecule has 0 radical (unpaired) electrons. The maximum absolute atomic E-state index is 13.3. The lowest BCUT2D eigenvalue weighted by molar-refractivity contribution is -0.274. The van der Waals surface area contributed by atoms with Crippen LogP contribution in [0.2, 0.25) is 5.02 Å². The van der Waals surface area contributed by atoms with E-state index in [1.165, 1.54) is 41.1 Å². The van der Waals surface area contributed by atoms with Gasteiger partial charge in [-0.3, -0.25) is 9.59 Å². The van der Waals surface area contributed by atoms with Crippen LogP contribution in [0.25, 0.3) is 11.1 Å². The number of halogens is 4. The van der Waals surface area contributed by atoms with Crippen molar-refractivity contribution >= 4 is 29.2 Å². The second-order valence-electron chi connectivity index (χ2n) is 10.6. The minimum absolute atomic E-state index is 0.0117. The molecule has 1 amide bonds. The number of pyridine rings is 1. The number of anilines is 1. The van der Waals surface area contributed by atoms with Gasteiger partial charge in [-0.05, 0) is 87.2 Å². The van der Waals surface area contributed by atoms with Crippen LogP contribution in [0.3, 0.4) is 0 Å². The smallest absolute Gasteiger partial charge is 0.456 e. The van der Waals surface area contributed by atoms with Crippen molar-refractivity contribution in [1.82, 2.24) is 4.57 Å². The van der Waals surface area contributed by atoms with E-state index in [9.17, 15) is 27.6 Å². The van der Waals surface area contributed by atoms with Gasteiger partial charge in [0.05, 0.1) is 5.56 Å². The summed E-state index contributed by atoms with van der Waals surface area (Å²) in [5.74, 6) is -1.16. The highest BCUT2D eigenvalue weighted by Crippen LogP contribution is 2.38. The van der Waals surface area contributed by atoms with Crippen LogP contribution in [0.15, 0.2) is 65.6 Å². The fourth-order valence-corrected chi connectivity index (χ4v) is 4.30. The molecular formula is C29H28ClF3N2O5. The number of nitrogens with zero attached hydrogens (tertiary/aromatic N) is 1. The summed E-state index contributed by atoms with van der Waals surface area (Å²) in [6.07, 6.45) is -1.27. The molecule has 212 valence electrons. The summed E-state index contributed by atoms with van der Waals surface area (Å²) >= 11 is 6.00. The number of ether oxygens (including phenoxy) is 2. The van der Waals surface area contributed by atoms with Gasteiger partial charge in [-0.15, -0.1) is 13.2 Å². The largest absolute Gasteiger partial charge is 0.573 e. The molecule has 1 heterocycles. The summed E-state index contributed by atoms with van der Waals surface area (Å²) in [5, 5.41) is 2.95. The quantitative estimate of drug-likeness (QED) is 0.292. The molecule has 1 aromatic heterocycles. The number of benzene rings is 2. The lowest BCUT2D eigenvalue weighted by Gasteiger charge is -2.21. The maximum Gasteiger partial charge on any atom is 0.573 e. The third-order valence-corrected chi connectivity index (χ3v) is 6.34. The van der Waals surface area contributed by atoms with E-state index < -0.39 is 41.2 Å². The van der Waals surface area contributed by atoms with Gasteiger partial charge in [-0.25, -0.2) is 4.79 Å². The van der Waals surface area contributed by atoms with Gasteiger partial charge in [0.25, 0.3) is 5.56 Å². The summed E-state index contributed by atoms with van der Waals surface area (Å²) in [6.45, 7) is 5.29. The van der Waals surface area contributed by atoms with Crippen LogP contribution in [0.1, 0.15) is 56.4 Å². The summed E-state index contributed by atoms with van der Waals surface area (Å²) < 4.78 is 49.5. The number of carbonyl (C=O) groups is 2. The van der Waals surface area contributed by atoms with Crippen molar-refractivity contribution in [2.45, 2.75) is 58.0 Å². The third-order valence-electron chi connectivity index (χ3n) is 6.11. The number of carbonyl (C=O) groups excluding carboxylic acids is 2. The number of hydrogen-bond acceptors (Lipinski definition) is 5. The van der Waals surface area contributed by atoms with Crippen LogP contribution in [-0.4, -0.2) is 28.4 Å². The van der Waals surface area contributed by atoms with E-state index in [4.69, 9.17) is 16.3 Å². The molecule has 0 saturated heterocycles. The molecule has 1 saturated carbocycles. The number of esters is 1. The molecule has 11 heteroatoms. The van der Waals surface area contributed by atoms with Gasteiger partial charge in [0.15, 0.2) is 0 Å². The van der Waals surface area contributed by atoms with Crippen LogP contribution in [0.4, 0.5) is 18.9 Å². The maximum atomic E-state index is 13.3. The Morgan fingerprint density at radius 1 is 1.05 bits per heavy atom. The first-order valence-corrected chi connectivity index (χ1v) is 13.0. The summed E-state index contributed by atoms with van der Waals surface area (Å²) in [6, 6.07) is 11.5. The Morgan fingerprint density at radius 2 is 1.73 bits per heavy atom. The normalized spacial score (nSPS) is 14.4. The van der Waals surface area contributed by atoms with Gasteiger partial charge in [0.1, 0.15) is 17.4 Å². The minimum atomic E-state index is -4.93. The molecule has 1 N–H and O–H groups in total. The SMILES string of the molecule is CC(C)(C)OC(=O)c1ccc(NC(=O)C(CC2CC2)n2ccc(-c3cc(Cl)ccc3OC(F)(F)F)cc2=O)cc1. The number of amides is 1. The number of rotatable bonds is 8. The lowest BCUT2D eigenvalue weighted by Crippen LogP contribution is -2.33. The molecule has 1 fully saturated rings. The highest BCUT2D eigenvalue weighted by atomic mass is 35.5. The molecule has 0 bridgehead atoms. The summed E-state index contributed by atoms with van der Waals surface area (Å²) in [4.78, 5) is 38.8. The molecule has 1 aliphatic rings. The number of alkyl halides is 3. The molecular weight excluding hydrogens is 549 g/mol. The lowest BCUT2D eigenvalue weighted by atomic mass is 10.0. The van der Waals surface area contributed by atoms with E-state index in [1.54, 1.807) is 32.9 Å². The van der Waals surface area contributed by atoms with Gasteiger partial charge in [-0.2, -0.15) is 0 Å². The number of nitrogens with one attached hydrogen (secondary N) is 1. The Hall–Kier alpha value is -3.79. The zero-order chi connectivity index (χ0) is 29.2.